The number of rotatable bonds is 5. The van der Waals surface area contributed by atoms with E-state index >= 15 is 0 Å². The number of carbonyl (C=O) groups is 2. The molecule has 116 valence electrons. The number of nitrogens with zero attached hydrogens (tertiary/aromatic N) is 1. The predicted molar refractivity (Wildman–Crippen MR) is 83.1 cm³/mol. The Kier molecular flexibility index (Phi) is 6.61. The van der Waals surface area contributed by atoms with E-state index in [1.165, 1.54) is 0 Å². The van der Waals surface area contributed by atoms with Crippen molar-refractivity contribution in [2.24, 2.45) is 0 Å². The van der Waals surface area contributed by atoms with E-state index in [2.05, 4.69) is 31.5 Å². The lowest BCUT2D eigenvalue weighted by Crippen LogP contribution is -2.34. The minimum absolute atomic E-state index is 0.242. The Labute approximate surface area is 132 Å². The summed E-state index contributed by atoms with van der Waals surface area (Å²) >= 11 is 3.21. The van der Waals surface area contributed by atoms with Crippen molar-refractivity contribution in [3.05, 3.63) is 28.5 Å². The number of halogens is 1. The van der Waals surface area contributed by atoms with Gasteiger partial charge in [0.2, 0.25) is 0 Å². The van der Waals surface area contributed by atoms with Gasteiger partial charge in [0, 0.05) is 13.1 Å². The molecule has 0 atom stereocenters. The predicted octanol–water partition coefficient (Wildman–Crippen LogP) is 2.49. The summed E-state index contributed by atoms with van der Waals surface area (Å²) < 4.78 is 5.71. The van der Waals surface area contributed by atoms with Crippen molar-refractivity contribution in [3.8, 4) is 0 Å². The van der Waals surface area contributed by atoms with Crippen molar-refractivity contribution in [1.29, 1.82) is 0 Å². The van der Waals surface area contributed by atoms with Gasteiger partial charge in [-0.3, -0.25) is 4.79 Å². The molecule has 0 aliphatic heterocycles. The van der Waals surface area contributed by atoms with Gasteiger partial charge < -0.3 is 15.4 Å². The Hall–Kier alpha value is -1.63. The van der Waals surface area contributed by atoms with Gasteiger partial charge in [-0.1, -0.05) is 6.07 Å². The van der Waals surface area contributed by atoms with Crippen LogP contribution in [-0.4, -0.2) is 35.7 Å². The lowest BCUT2D eigenvalue weighted by Gasteiger charge is -2.19. The third-order valence-corrected chi connectivity index (χ3v) is 2.70. The average molecular weight is 358 g/mol. The first-order valence-corrected chi connectivity index (χ1v) is 7.45. The molecule has 0 aliphatic carbocycles. The van der Waals surface area contributed by atoms with Crippen LogP contribution in [0.3, 0.4) is 0 Å². The smallest absolute Gasteiger partial charge is 0.407 e. The van der Waals surface area contributed by atoms with Crippen LogP contribution in [0.2, 0.25) is 0 Å². The minimum atomic E-state index is -0.509. The molecule has 0 saturated carbocycles. The summed E-state index contributed by atoms with van der Waals surface area (Å²) in [6, 6.07) is 5.14. The molecular formula is C14H20BrN3O3. The van der Waals surface area contributed by atoms with Crippen molar-refractivity contribution < 1.29 is 14.3 Å². The van der Waals surface area contributed by atoms with E-state index in [1.807, 2.05) is 0 Å². The summed E-state index contributed by atoms with van der Waals surface area (Å²) in [7, 11) is 0. The molecule has 0 radical (unpaired) electrons. The summed E-state index contributed by atoms with van der Waals surface area (Å²) in [4.78, 5) is 27.2. The first-order valence-electron chi connectivity index (χ1n) is 6.65. The minimum Gasteiger partial charge on any atom is -0.444 e. The van der Waals surface area contributed by atoms with Gasteiger partial charge in [0.05, 0.1) is 0 Å². The summed E-state index contributed by atoms with van der Waals surface area (Å²) in [6.07, 6.45) is 0.154. The van der Waals surface area contributed by atoms with E-state index in [4.69, 9.17) is 4.74 Å². The molecule has 0 aromatic carbocycles. The molecule has 1 aromatic heterocycles. The first-order chi connectivity index (χ1) is 9.78. The number of alkyl carbamates (subject to hydrolysis) is 1. The number of aromatic nitrogens is 1. The van der Waals surface area contributed by atoms with Gasteiger partial charge in [0.1, 0.15) is 15.9 Å². The SMILES string of the molecule is CC(C)(C)OC(=O)NCCCNC(=O)c1cccc(Br)n1. The van der Waals surface area contributed by atoms with Crippen LogP contribution in [0.5, 0.6) is 0 Å². The molecule has 0 unspecified atom stereocenters. The van der Waals surface area contributed by atoms with Crippen LogP contribution in [-0.2, 0) is 4.74 Å². The standard InChI is InChI=1S/C14H20BrN3O3/c1-14(2,3)21-13(20)17-9-5-8-16-12(19)10-6-4-7-11(15)18-10/h4,6-7H,5,8-9H2,1-3H3,(H,16,19)(H,17,20). The molecule has 1 rings (SSSR count). The van der Waals surface area contributed by atoms with Crippen molar-refractivity contribution >= 4 is 27.9 Å². The normalized spacial score (nSPS) is 10.9. The van der Waals surface area contributed by atoms with E-state index in [9.17, 15) is 9.59 Å². The molecule has 2 amide bonds. The van der Waals surface area contributed by atoms with Gasteiger partial charge in [-0.15, -0.1) is 0 Å². The van der Waals surface area contributed by atoms with Gasteiger partial charge in [-0.25, -0.2) is 9.78 Å². The van der Waals surface area contributed by atoms with Crippen molar-refractivity contribution in [3.63, 3.8) is 0 Å². The summed E-state index contributed by atoms with van der Waals surface area (Å²) in [5.41, 5.74) is -0.158. The second-order valence-corrected chi connectivity index (χ2v) is 6.20. The first kappa shape index (κ1) is 17.4. The summed E-state index contributed by atoms with van der Waals surface area (Å²) in [5, 5.41) is 5.36. The maximum atomic E-state index is 11.8. The number of carbonyl (C=O) groups excluding carboxylic acids is 2. The number of amides is 2. The molecule has 1 aromatic rings. The maximum Gasteiger partial charge on any atom is 0.407 e. The van der Waals surface area contributed by atoms with Gasteiger partial charge in [-0.2, -0.15) is 0 Å². The molecule has 1 heterocycles. The summed E-state index contributed by atoms with van der Waals surface area (Å²) in [6.45, 7) is 6.29. The van der Waals surface area contributed by atoms with Crippen LogP contribution in [0.1, 0.15) is 37.7 Å². The number of hydrogen-bond acceptors (Lipinski definition) is 4. The molecule has 21 heavy (non-hydrogen) atoms. The number of pyridine rings is 1. The average Bonchev–Trinajstić information content (AvgIpc) is 2.36. The summed E-state index contributed by atoms with van der Waals surface area (Å²) in [5.74, 6) is -0.242. The molecule has 6 nitrogen and oxygen atoms in total. The largest absolute Gasteiger partial charge is 0.444 e. The second kappa shape index (κ2) is 7.97. The zero-order chi connectivity index (χ0) is 15.9. The van der Waals surface area contributed by atoms with Gasteiger partial charge in [0.15, 0.2) is 0 Å². The molecule has 0 bridgehead atoms. The fraction of sp³-hybridized carbons (Fsp3) is 0.500. The van der Waals surface area contributed by atoms with Crippen LogP contribution < -0.4 is 10.6 Å². The van der Waals surface area contributed by atoms with E-state index in [0.29, 0.717) is 29.8 Å². The fourth-order valence-corrected chi connectivity index (χ4v) is 1.76. The second-order valence-electron chi connectivity index (χ2n) is 5.38. The lowest BCUT2D eigenvalue weighted by molar-refractivity contribution is 0.0527. The molecule has 0 spiro atoms. The molecule has 0 saturated heterocycles. The highest BCUT2D eigenvalue weighted by Gasteiger charge is 2.15. The fourth-order valence-electron chi connectivity index (χ4n) is 1.42. The van der Waals surface area contributed by atoms with E-state index in [0.717, 1.165) is 0 Å². The Balaban J connectivity index is 2.20. The maximum absolute atomic E-state index is 11.8. The number of hydrogen-bond donors (Lipinski definition) is 2. The Bertz CT molecular complexity index is 500. The van der Waals surface area contributed by atoms with E-state index in [1.54, 1.807) is 39.0 Å². The van der Waals surface area contributed by atoms with Crippen LogP contribution in [0.25, 0.3) is 0 Å². The van der Waals surface area contributed by atoms with E-state index < -0.39 is 11.7 Å². The topological polar surface area (TPSA) is 80.3 Å². The van der Waals surface area contributed by atoms with Gasteiger partial charge >= 0.3 is 6.09 Å². The van der Waals surface area contributed by atoms with Crippen LogP contribution in [0, 0.1) is 0 Å². The Morgan fingerprint density at radius 2 is 1.90 bits per heavy atom. The molecule has 7 heteroatoms. The highest BCUT2D eigenvalue weighted by atomic mass is 79.9. The molecular weight excluding hydrogens is 338 g/mol. The molecule has 0 fully saturated rings. The highest BCUT2D eigenvalue weighted by molar-refractivity contribution is 9.10. The van der Waals surface area contributed by atoms with Crippen LogP contribution >= 0.6 is 15.9 Å². The van der Waals surface area contributed by atoms with Crippen LogP contribution in [0.4, 0.5) is 4.79 Å². The zero-order valence-electron chi connectivity index (χ0n) is 12.4. The highest BCUT2D eigenvalue weighted by Crippen LogP contribution is 2.07. The Morgan fingerprint density at radius 3 is 2.52 bits per heavy atom. The van der Waals surface area contributed by atoms with Crippen molar-refractivity contribution in [1.82, 2.24) is 15.6 Å². The van der Waals surface area contributed by atoms with Crippen molar-refractivity contribution in [2.45, 2.75) is 32.8 Å². The number of nitrogens with one attached hydrogen (secondary N) is 2. The number of ether oxygens (including phenoxy) is 1. The molecule has 0 aliphatic rings. The van der Waals surface area contributed by atoms with Crippen molar-refractivity contribution in [2.75, 3.05) is 13.1 Å². The van der Waals surface area contributed by atoms with Crippen LogP contribution in [0.15, 0.2) is 22.8 Å². The monoisotopic (exact) mass is 357 g/mol. The molecule has 2 N–H and O–H groups in total. The zero-order valence-corrected chi connectivity index (χ0v) is 14.0. The third-order valence-electron chi connectivity index (χ3n) is 2.26. The Morgan fingerprint density at radius 1 is 1.24 bits per heavy atom. The van der Waals surface area contributed by atoms with E-state index in [-0.39, 0.29) is 5.91 Å². The lowest BCUT2D eigenvalue weighted by atomic mass is 10.2. The van der Waals surface area contributed by atoms with Gasteiger partial charge in [0.25, 0.3) is 5.91 Å². The quantitative estimate of drug-likeness (QED) is 0.626. The third kappa shape index (κ3) is 7.65. The van der Waals surface area contributed by atoms with Gasteiger partial charge in [-0.05, 0) is 55.3 Å².